The largest absolute Gasteiger partial charge is 0.507 e. The van der Waals surface area contributed by atoms with E-state index in [-0.39, 0.29) is 22.4 Å². The van der Waals surface area contributed by atoms with Crippen LogP contribution in [0.4, 0.5) is 5.69 Å². The second kappa shape index (κ2) is 10.4. The Kier molecular flexibility index (Phi) is 8.23. The van der Waals surface area contributed by atoms with Crippen molar-refractivity contribution in [2.45, 2.75) is 46.0 Å². The van der Waals surface area contributed by atoms with E-state index in [1.807, 2.05) is 19.9 Å². The third kappa shape index (κ3) is 6.20. The molecule has 0 saturated heterocycles. The zero-order valence-electron chi connectivity index (χ0n) is 18.7. The monoisotopic (exact) mass is 427 g/mol. The van der Waals surface area contributed by atoms with Crippen LogP contribution in [0.5, 0.6) is 5.75 Å². The quantitative estimate of drug-likeness (QED) is 0.239. The van der Waals surface area contributed by atoms with Gasteiger partial charge in [0.05, 0.1) is 17.7 Å². The summed E-state index contributed by atoms with van der Waals surface area (Å²) >= 11 is 0. The van der Waals surface area contributed by atoms with Gasteiger partial charge in [0.25, 0.3) is 0 Å². The van der Waals surface area contributed by atoms with E-state index in [1.165, 1.54) is 0 Å². The van der Waals surface area contributed by atoms with Gasteiger partial charge in [-0.1, -0.05) is 43.9 Å². The fraction of sp³-hybridized carbons (Fsp3) is 0.417. The van der Waals surface area contributed by atoms with Gasteiger partial charge in [-0.2, -0.15) is 0 Å². The lowest BCUT2D eigenvalue weighted by atomic mass is 9.97. The SMILES string of the molecule is CCN(CC)c1ccc(C(=O)c2ccccc2C(=O)OCCC[Si](C)(C)C)c(O)c1. The molecule has 30 heavy (non-hydrogen) atoms. The maximum atomic E-state index is 13.1. The number of carbonyl (C=O) groups is 2. The Morgan fingerprint density at radius 1 is 0.967 bits per heavy atom. The van der Waals surface area contributed by atoms with Gasteiger partial charge in [0.15, 0.2) is 5.78 Å². The van der Waals surface area contributed by atoms with Gasteiger partial charge in [-0.25, -0.2) is 4.79 Å². The van der Waals surface area contributed by atoms with Crippen LogP contribution in [0, 0.1) is 0 Å². The highest BCUT2D eigenvalue weighted by Gasteiger charge is 2.22. The Morgan fingerprint density at radius 3 is 2.17 bits per heavy atom. The van der Waals surface area contributed by atoms with E-state index in [4.69, 9.17) is 4.74 Å². The molecule has 0 heterocycles. The molecule has 1 N–H and O–H groups in total. The van der Waals surface area contributed by atoms with Gasteiger partial charge in [-0.3, -0.25) is 4.79 Å². The van der Waals surface area contributed by atoms with Crippen LogP contribution in [-0.2, 0) is 4.74 Å². The van der Waals surface area contributed by atoms with E-state index in [2.05, 4.69) is 24.5 Å². The van der Waals surface area contributed by atoms with Crippen molar-refractivity contribution in [2.24, 2.45) is 0 Å². The number of aromatic hydroxyl groups is 1. The first kappa shape index (κ1) is 23.7. The third-order valence-electron chi connectivity index (χ3n) is 5.05. The highest BCUT2D eigenvalue weighted by Crippen LogP contribution is 2.28. The number of hydrogen-bond donors (Lipinski definition) is 1. The molecule has 162 valence electrons. The number of ketones is 1. The summed E-state index contributed by atoms with van der Waals surface area (Å²) in [5, 5.41) is 10.5. The van der Waals surface area contributed by atoms with Crippen molar-refractivity contribution in [1.29, 1.82) is 0 Å². The maximum Gasteiger partial charge on any atom is 0.338 e. The third-order valence-corrected chi connectivity index (χ3v) is 6.90. The maximum absolute atomic E-state index is 13.1. The lowest BCUT2D eigenvalue weighted by Crippen LogP contribution is -2.21. The predicted molar refractivity (Wildman–Crippen MR) is 125 cm³/mol. The summed E-state index contributed by atoms with van der Waals surface area (Å²) in [6.07, 6.45) is 0.825. The van der Waals surface area contributed by atoms with Gasteiger partial charge in [0.2, 0.25) is 0 Å². The molecule has 0 unspecified atom stereocenters. The van der Waals surface area contributed by atoms with E-state index in [9.17, 15) is 14.7 Å². The fourth-order valence-electron chi connectivity index (χ4n) is 3.35. The molecule has 0 aliphatic carbocycles. The van der Waals surface area contributed by atoms with Crippen LogP contribution in [0.3, 0.4) is 0 Å². The minimum atomic E-state index is -1.18. The molecule has 0 aromatic heterocycles. The topological polar surface area (TPSA) is 66.8 Å². The van der Waals surface area contributed by atoms with Crippen molar-refractivity contribution < 1.29 is 19.4 Å². The van der Waals surface area contributed by atoms with Crippen LogP contribution in [0.15, 0.2) is 42.5 Å². The fourth-order valence-corrected chi connectivity index (χ4v) is 4.55. The minimum absolute atomic E-state index is 0.0947. The van der Waals surface area contributed by atoms with Crippen molar-refractivity contribution in [3.05, 3.63) is 59.2 Å². The first-order valence-electron chi connectivity index (χ1n) is 10.6. The van der Waals surface area contributed by atoms with Crippen LogP contribution in [0.1, 0.15) is 46.5 Å². The highest BCUT2D eigenvalue weighted by atomic mass is 28.3. The van der Waals surface area contributed by atoms with Crippen molar-refractivity contribution in [3.63, 3.8) is 0 Å². The molecule has 0 radical (unpaired) electrons. The van der Waals surface area contributed by atoms with Crippen LogP contribution in [0.2, 0.25) is 25.7 Å². The average molecular weight is 428 g/mol. The number of benzene rings is 2. The summed E-state index contributed by atoms with van der Waals surface area (Å²) < 4.78 is 5.42. The first-order chi connectivity index (χ1) is 14.2. The first-order valence-corrected chi connectivity index (χ1v) is 14.3. The number of ether oxygens (including phenoxy) is 1. The smallest absolute Gasteiger partial charge is 0.338 e. The number of nitrogens with zero attached hydrogens (tertiary/aromatic N) is 1. The molecule has 0 spiro atoms. The molecule has 0 aliphatic heterocycles. The molecule has 0 atom stereocenters. The lowest BCUT2D eigenvalue weighted by Gasteiger charge is -2.21. The molecule has 2 aromatic carbocycles. The standard InChI is InChI=1S/C24H33NO4Si/c1-6-25(7-2)18-13-14-21(22(26)17-18)23(27)19-11-8-9-12-20(19)24(28)29-15-10-16-30(3,4)5/h8-9,11-14,17,26H,6-7,10,15-16H2,1-5H3. The molecular formula is C24H33NO4Si. The Hall–Kier alpha value is -2.60. The van der Waals surface area contributed by atoms with Gasteiger partial charge in [-0.05, 0) is 38.5 Å². The summed E-state index contributed by atoms with van der Waals surface area (Å²) in [7, 11) is -1.18. The predicted octanol–water partition coefficient (Wildman–Crippen LogP) is 5.35. The number of hydrogen-bond acceptors (Lipinski definition) is 5. The van der Waals surface area contributed by atoms with E-state index < -0.39 is 19.8 Å². The Bertz CT molecular complexity index is 885. The number of carbonyl (C=O) groups excluding carboxylic acids is 2. The second-order valence-electron chi connectivity index (χ2n) is 8.55. The molecule has 0 amide bonds. The summed E-state index contributed by atoms with van der Waals surface area (Å²) in [6, 6.07) is 12.7. The van der Waals surface area contributed by atoms with Gasteiger partial charge >= 0.3 is 5.97 Å². The molecule has 6 heteroatoms. The van der Waals surface area contributed by atoms with E-state index in [0.717, 1.165) is 31.2 Å². The zero-order valence-corrected chi connectivity index (χ0v) is 19.7. The summed E-state index contributed by atoms with van der Waals surface area (Å²) in [4.78, 5) is 27.8. The lowest BCUT2D eigenvalue weighted by molar-refractivity contribution is 0.0502. The summed E-state index contributed by atoms with van der Waals surface area (Å²) in [5.74, 6) is -0.996. The van der Waals surface area contributed by atoms with Crippen LogP contribution < -0.4 is 4.90 Å². The summed E-state index contributed by atoms with van der Waals surface area (Å²) in [5.41, 5.74) is 1.48. The van der Waals surface area contributed by atoms with Crippen LogP contribution in [0.25, 0.3) is 0 Å². The minimum Gasteiger partial charge on any atom is -0.507 e. The molecule has 5 nitrogen and oxygen atoms in total. The molecule has 0 fully saturated rings. The molecular weight excluding hydrogens is 394 g/mol. The molecule has 2 rings (SSSR count). The van der Waals surface area contributed by atoms with E-state index >= 15 is 0 Å². The van der Waals surface area contributed by atoms with Crippen molar-refractivity contribution >= 4 is 25.5 Å². The second-order valence-corrected chi connectivity index (χ2v) is 14.2. The van der Waals surface area contributed by atoms with Crippen molar-refractivity contribution in [1.82, 2.24) is 0 Å². The van der Waals surface area contributed by atoms with Crippen LogP contribution >= 0.6 is 0 Å². The number of phenols is 1. The number of phenolic OH excluding ortho intramolecular Hbond substituents is 1. The van der Waals surface area contributed by atoms with E-state index in [0.29, 0.717) is 6.61 Å². The number of anilines is 1. The average Bonchev–Trinajstić information content (AvgIpc) is 2.71. The Balaban J connectivity index is 2.20. The van der Waals surface area contributed by atoms with Crippen molar-refractivity contribution in [2.75, 3.05) is 24.6 Å². The van der Waals surface area contributed by atoms with Crippen molar-refractivity contribution in [3.8, 4) is 5.75 Å². The Morgan fingerprint density at radius 2 is 1.60 bits per heavy atom. The molecule has 2 aromatic rings. The van der Waals surface area contributed by atoms with Gasteiger partial charge in [0.1, 0.15) is 5.75 Å². The molecule has 0 saturated carbocycles. The van der Waals surface area contributed by atoms with Crippen LogP contribution in [-0.4, -0.2) is 44.6 Å². The Labute approximate surface area is 180 Å². The highest BCUT2D eigenvalue weighted by molar-refractivity contribution is 6.76. The summed E-state index contributed by atoms with van der Waals surface area (Å²) in [6.45, 7) is 12.8. The van der Waals surface area contributed by atoms with Gasteiger partial charge in [0, 0.05) is 38.5 Å². The molecule has 0 aliphatic rings. The van der Waals surface area contributed by atoms with Gasteiger partial charge < -0.3 is 14.7 Å². The normalized spacial score (nSPS) is 11.2. The number of rotatable bonds is 10. The van der Waals surface area contributed by atoms with E-state index in [1.54, 1.807) is 36.4 Å². The van der Waals surface area contributed by atoms with Gasteiger partial charge in [-0.15, -0.1) is 0 Å². The molecule has 0 bridgehead atoms. The number of esters is 1. The zero-order chi connectivity index (χ0) is 22.3.